The molecule has 0 unspecified atom stereocenters. The lowest BCUT2D eigenvalue weighted by Gasteiger charge is -2.12. The zero-order chi connectivity index (χ0) is 18.5. The van der Waals surface area contributed by atoms with E-state index in [1.54, 1.807) is 0 Å². The average Bonchev–Trinajstić information content (AvgIpc) is 2.81. The van der Waals surface area contributed by atoms with Crippen molar-refractivity contribution in [3.8, 4) is 5.69 Å². The highest BCUT2D eigenvalue weighted by Gasteiger charge is 2.34. The van der Waals surface area contributed by atoms with E-state index in [1.165, 1.54) is 6.07 Å². The zero-order valence-corrected chi connectivity index (χ0v) is 12.2. The van der Waals surface area contributed by atoms with Gasteiger partial charge in [0, 0.05) is 6.07 Å². The maximum atomic E-state index is 12.3. The number of carboxylic acid groups (broad SMARTS) is 1. The molecule has 0 fully saturated rings. The number of nitro groups is 1. The number of nitrogens with two attached hydrogens (primary N) is 1. The molecule has 4 N–H and O–H groups in total. The number of para-hydroxylation sites is 1. The number of nitrogen functional groups attached to an aromatic ring is 1. The number of hydrogen-bond acceptors (Lipinski definition) is 7. The Morgan fingerprint density at radius 3 is 2.52 bits per heavy atom. The first-order chi connectivity index (χ1) is 11.7. The van der Waals surface area contributed by atoms with Crippen molar-refractivity contribution < 1.29 is 24.4 Å². The Bertz CT molecular complexity index is 1050. The van der Waals surface area contributed by atoms with Crippen molar-refractivity contribution in [2.45, 2.75) is 0 Å². The van der Waals surface area contributed by atoms with Crippen LogP contribution in [-0.2, 0) is 0 Å². The van der Waals surface area contributed by atoms with Gasteiger partial charge in [0.25, 0.3) is 17.4 Å². The van der Waals surface area contributed by atoms with Crippen molar-refractivity contribution in [2.75, 3.05) is 5.73 Å². The van der Waals surface area contributed by atoms with Crippen molar-refractivity contribution in [3.63, 3.8) is 0 Å². The van der Waals surface area contributed by atoms with Crippen LogP contribution < -0.4 is 16.6 Å². The molecule has 1 aliphatic heterocycles. The summed E-state index contributed by atoms with van der Waals surface area (Å²) in [5.74, 6) is -3.75. The molecular weight excluding hydrogens is 336 g/mol. The van der Waals surface area contributed by atoms with Gasteiger partial charge in [0.2, 0.25) is 0 Å². The molecule has 11 nitrogen and oxygen atoms in total. The first-order valence-electron chi connectivity index (χ1n) is 6.66. The molecular formula is C14H8N4O7. The molecule has 2 heterocycles. The molecule has 0 saturated carbocycles. The summed E-state index contributed by atoms with van der Waals surface area (Å²) in [6.07, 6.45) is 0. The Hall–Kier alpha value is -4.02. The fraction of sp³-hybridized carbons (Fsp3) is 0. The number of fused-ring (bicyclic) bond motifs is 1. The lowest BCUT2D eigenvalue weighted by Crippen LogP contribution is -2.25. The van der Waals surface area contributed by atoms with Gasteiger partial charge in [0.05, 0.1) is 16.1 Å². The third-order valence-corrected chi connectivity index (χ3v) is 3.62. The number of imide groups is 1. The molecule has 2 aromatic rings. The summed E-state index contributed by atoms with van der Waals surface area (Å²) in [7, 11) is 0. The number of benzene rings is 1. The molecule has 1 aromatic carbocycles. The number of amides is 2. The molecule has 0 saturated heterocycles. The number of aromatic carboxylic acids is 1. The van der Waals surface area contributed by atoms with Crippen molar-refractivity contribution in [1.82, 2.24) is 9.88 Å². The Kier molecular flexibility index (Phi) is 3.34. The van der Waals surface area contributed by atoms with Crippen LogP contribution in [0.15, 0.2) is 29.1 Å². The lowest BCUT2D eigenvalue weighted by molar-refractivity contribution is -0.384. The maximum Gasteiger partial charge on any atom is 0.342 e. The summed E-state index contributed by atoms with van der Waals surface area (Å²) in [6.45, 7) is 0. The predicted octanol–water partition coefficient (Wildman–Crippen LogP) is -0.0903. The number of aromatic nitrogens is 1. The van der Waals surface area contributed by atoms with Crippen molar-refractivity contribution in [3.05, 3.63) is 61.4 Å². The van der Waals surface area contributed by atoms with E-state index < -0.39 is 51.0 Å². The Labute approximate surface area is 137 Å². The smallest absolute Gasteiger partial charge is 0.342 e. The highest BCUT2D eigenvalue weighted by atomic mass is 16.6. The quantitative estimate of drug-likeness (QED) is 0.393. The van der Waals surface area contributed by atoms with Crippen molar-refractivity contribution >= 4 is 29.3 Å². The molecule has 1 aliphatic rings. The average molecular weight is 344 g/mol. The van der Waals surface area contributed by atoms with Gasteiger partial charge in [-0.1, -0.05) is 6.07 Å². The lowest BCUT2D eigenvalue weighted by atomic mass is 10.1. The predicted molar refractivity (Wildman–Crippen MR) is 81.9 cm³/mol. The summed E-state index contributed by atoms with van der Waals surface area (Å²) in [5.41, 5.74) is 2.36. The number of pyridine rings is 1. The van der Waals surface area contributed by atoms with Crippen LogP contribution in [0.1, 0.15) is 31.1 Å². The molecule has 0 spiro atoms. The zero-order valence-electron chi connectivity index (χ0n) is 12.2. The Morgan fingerprint density at radius 2 is 1.92 bits per heavy atom. The standard InChI is InChI=1S/C14H8N4O7/c15-11-9-6(12(20)16-13(9)21)4-8(19)17(11)7-3-1-2-5(14(22)23)10(7)18(24)25/h1-4H,15H2,(H,22,23)(H,16,20,21). The van der Waals surface area contributed by atoms with E-state index in [0.717, 1.165) is 18.2 Å². The number of carboxylic acids is 1. The van der Waals surface area contributed by atoms with Crippen LogP contribution in [0, 0.1) is 10.1 Å². The van der Waals surface area contributed by atoms with Gasteiger partial charge in [-0.3, -0.25) is 34.4 Å². The molecule has 0 radical (unpaired) electrons. The second kappa shape index (κ2) is 5.26. The van der Waals surface area contributed by atoms with Crippen LogP contribution in [0.5, 0.6) is 0 Å². The van der Waals surface area contributed by atoms with Crippen LogP contribution in [0.25, 0.3) is 5.69 Å². The van der Waals surface area contributed by atoms with Gasteiger partial charge >= 0.3 is 11.7 Å². The largest absolute Gasteiger partial charge is 0.477 e. The van der Waals surface area contributed by atoms with E-state index in [-0.39, 0.29) is 11.1 Å². The van der Waals surface area contributed by atoms with Crippen molar-refractivity contribution in [1.29, 1.82) is 0 Å². The molecule has 1 aromatic heterocycles. The van der Waals surface area contributed by atoms with Gasteiger partial charge in [-0.25, -0.2) is 4.79 Å². The molecule has 3 rings (SSSR count). The number of nitrogens with zero attached hydrogens (tertiary/aromatic N) is 2. The monoisotopic (exact) mass is 344 g/mol. The van der Waals surface area contributed by atoms with Gasteiger partial charge in [0.15, 0.2) is 0 Å². The van der Waals surface area contributed by atoms with Gasteiger partial charge in [-0.05, 0) is 12.1 Å². The molecule has 2 amide bonds. The number of rotatable bonds is 3. The molecule has 25 heavy (non-hydrogen) atoms. The van der Waals surface area contributed by atoms with Crippen LogP contribution in [0.2, 0.25) is 0 Å². The molecule has 0 aliphatic carbocycles. The van der Waals surface area contributed by atoms with Crippen LogP contribution in [-0.4, -0.2) is 32.4 Å². The van der Waals surface area contributed by atoms with Gasteiger partial charge in [0.1, 0.15) is 17.1 Å². The SMILES string of the molecule is Nc1c2c(cc(=O)n1-c1cccc(C(=O)O)c1[N+](=O)[O-])C(=O)NC2=O. The molecule has 11 heteroatoms. The minimum absolute atomic E-state index is 0.249. The number of anilines is 1. The minimum Gasteiger partial charge on any atom is -0.477 e. The summed E-state index contributed by atoms with van der Waals surface area (Å²) in [4.78, 5) is 57.4. The topological polar surface area (TPSA) is 175 Å². The third-order valence-electron chi connectivity index (χ3n) is 3.62. The molecule has 126 valence electrons. The summed E-state index contributed by atoms with van der Waals surface area (Å²) >= 11 is 0. The van der Waals surface area contributed by atoms with Crippen LogP contribution >= 0.6 is 0 Å². The maximum absolute atomic E-state index is 12.3. The van der Waals surface area contributed by atoms with Gasteiger partial charge < -0.3 is 10.8 Å². The van der Waals surface area contributed by atoms with E-state index in [1.807, 2.05) is 5.32 Å². The van der Waals surface area contributed by atoms with Crippen LogP contribution in [0.3, 0.4) is 0 Å². The summed E-state index contributed by atoms with van der Waals surface area (Å²) in [5, 5.41) is 22.4. The fourth-order valence-corrected chi connectivity index (χ4v) is 2.60. The third kappa shape index (κ3) is 2.22. The van der Waals surface area contributed by atoms with E-state index in [0.29, 0.717) is 4.57 Å². The Balaban J connectivity index is 2.42. The van der Waals surface area contributed by atoms with E-state index in [4.69, 9.17) is 10.8 Å². The van der Waals surface area contributed by atoms with E-state index in [2.05, 4.69) is 0 Å². The second-order valence-corrected chi connectivity index (χ2v) is 5.01. The van der Waals surface area contributed by atoms with Gasteiger partial charge in [-0.15, -0.1) is 0 Å². The minimum atomic E-state index is -1.57. The number of nitro benzene ring substituents is 1. The van der Waals surface area contributed by atoms with E-state index in [9.17, 15) is 29.3 Å². The van der Waals surface area contributed by atoms with E-state index >= 15 is 0 Å². The molecule has 0 bridgehead atoms. The second-order valence-electron chi connectivity index (χ2n) is 5.01. The highest BCUT2D eigenvalue weighted by molar-refractivity contribution is 6.23. The molecule has 0 atom stereocenters. The summed E-state index contributed by atoms with van der Waals surface area (Å²) in [6, 6.07) is 4.11. The fourth-order valence-electron chi connectivity index (χ4n) is 2.60. The number of nitrogens with one attached hydrogen (secondary N) is 1. The normalized spacial score (nSPS) is 12.6. The van der Waals surface area contributed by atoms with Gasteiger partial charge in [-0.2, -0.15) is 0 Å². The Morgan fingerprint density at radius 1 is 1.24 bits per heavy atom. The number of carbonyl (C=O) groups is 3. The highest BCUT2D eigenvalue weighted by Crippen LogP contribution is 2.30. The van der Waals surface area contributed by atoms with Crippen molar-refractivity contribution in [2.24, 2.45) is 0 Å². The van der Waals surface area contributed by atoms with Crippen LogP contribution in [0.4, 0.5) is 11.5 Å². The first-order valence-corrected chi connectivity index (χ1v) is 6.66. The summed E-state index contributed by atoms with van der Waals surface area (Å²) < 4.78 is 0.627. The number of hydrogen-bond donors (Lipinski definition) is 3. The first kappa shape index (κ1) is 15.9. The number of carbonyl (C=O) groups excluding carboxylic acids is 2.